The fraction of sp³-hybridized carbons (Fsp3) is 0.642. The molecule has 0 aromatic carbocycles. The predicted molar refractivity (Wildman–Crippen MR) is 251 cm³/mol. The van der Waals surface area contributed by atoms with Crippen molar-refractivity contribution in [3.8, 4) is 0 Å². The minimum Gasteiger partial charge on any atom is -0.462 e. The zero-order valence-electron chi connectivity index (χ0n) is 38.0. The molecular formula is C53H86O6. The number of rotatable bonds is 41. The van der Waals surface area contributed by atoms with E-state index in [1.807, 2.05) is 6.08 Å². The maximum Gasteiger partial charge on any atom is 0.306 e. The van der Waals surface area contributed by atoms with Gasteiger partial charge in [0.15, 0.2) is 6.10 Å². The third-order valence-electron chi connectivity index (χ3n) is 9.56. The highest BCUT2D eigenvalue weighted by Crippen LogP contribution is 2.10. The summed E-state index contributed by atoms with van der Waals surface area (Å²) < 4.78 is 16.6. The Labute approximate surface area is 362 Å². The molecule has 0 aromatic heterocycles. The molecule has 0 N–H and O–H groups in total. The summed E-state index contributed by atoms with van der Waals surface area (Å²) in [6.45, 7) is 6.35. The van der Waals surface area contributed by atoms with E-state index in [-0.39, 0.29) is 31.6 Å². The Bertz CT molecular complexity index is 1220. The minimum absolute atomic E-state index is 0.127. The van der Waals surface area contributed by atoms with E-state index < -0.39 is 12.1 Å². The highest BCUT2D eigenvalue weighted by molar-refractivity contribution is 5.71. The quantitative estimate of drug-likeness (QED) is 0.0265. The lowest BCUT2D eigenvalue weighted by Gasteiger charge is -2.18. The second-order valence-electron chi connectivity index (χ2n) is 15.3. The van der Waals surface area contributed by atoms with Crippen LogP contribution >= 0.6 is 0 Å². The molecule has 0 aliphatic heterocycles. The summed E-state index contributed by atoms with van der Waals surface area (Å²) in [5.41, 5.74) is 0. The van der Waals surface area contributed by atoms with Crippen LogP contribution in [0, 0.1) is 0 Å². The van der Waals surface area contributed by atoms with E-state index in [1.54, 1.807) is 0 Å². The molecule has 1 atom stereocenters. The molecule has 0 aliphatic carbocycles. The maximum absolute atomic E-state index is 12.7. The van der Waals surface area contributed by atoms with Crippen LogP contribution in [0.2, 0.25) is 0 Å². The van der Waals surface area contributed by atoms with E-state index in [0.29, 0.717) is 25.7 Å². The fourth-order valence-electron chi connectivity index (χ4n) is 5.99. The van der Waals surface area contributed by atoms with Crippen LogP contribution in [-0.2, 0) is 28.6 Å². The van der Waals surface area contributed by atoms with Crippen molar-refractivity contribution in [1.29, 1.82) is 0 Å². The Kier molecular flexibility index (Phi) is 44.1. The first-order valence-electron chi connectivity index (χ1n) is 23.7. The van der Waals surface area contributed by atoms with Gasteiger partial charge in [-0.05, 0) is 103 Å². The number of ether oxygens (including phenoxy) is 3. The SMILES string of the molecule is CC/C=C\C/C=C\C/C=C\C/C=C\C/C=C\CCCCCC(=O)OCC(COC(=O)CCC/C=C\CCCCCC)OC(=O)CC/C=C\C/C=C\CCCCCCCC. The van der Waals surface area contributed by atoms with Gasteiger partial charge < -0.3 is 14.2 Å². The van der Waals surface area contributed by atoms with Gasteiger partial charge in [0.2, 0.25) is 0 Å². The zero-order chi connectivity index (χ0) is 43.0. The molecule has 0 heterocycles. The van der Waals surface area contributed by atoms with Crippen LogP contribution in [0.3, 0.4) is 0 Å². The number of carbonyl (C=O) groups excluding carboxylic acids is 3. The van der Waals surface area contributed by atoms with Gasteiger partial charge in [-0.25, -0.2) is 0 Å². The number of hydrogen-bond acceptors (Lipinski definition) is 6. The van der Waals surface area contributed by atoms with Gasteiger partial charge in [0.25, 0.3) is 0 Å². The third-order valence-corrected chi connectivity index (χ3v) is 9.56. The molecule has 0 radical (unpaired) electrons. The molecule has 334 valence electrons. The molecular weight excluding hydrogens is 733 g/mol. The number of carbonyl (C=O) groups is 3. The van der Waals surface area contributed by atoms with Crippen molar-refractivity contribution in [2.45, 2.75) is 207 Å². The monoisotopic (exact) mass is 819 g/mol. The summed E-state index contributed by atoms with van der Waals surface area (Å²) in [4.78, 5) is 37.7. The van der Waals surface area contributed by atoms with Crippen LogP contribution in [0.5, 0.6) is 0 Å². The number of hydrogen-bond donors (Lipinski definition) is 0. The van der Waals surface area contributed by atoms with E-state index in [4.69, 9.17) is 14.2 Å². The van der Waals surface area contributed by atoms with Gasteiger partial charge >= 0.3 is 17.9 Å². The van der Waals surface area contributed by atoms with Gasteiger partial charge in [0.1, 0.15) is 13.2 Å². The van der Waals surface area contributed by atoms with Crippen molar-refractivity contribution in [3.63, 3.8) is 0 Å². The highest BCUT2D eigenvalue weighted by Gasteiger charge is 2.19. The summed E-state index contributed by atoms with van der Waals surface area (Å²) >= 11 is 0. The van der Waals surface area contributed by atoms with E-state index in [2.05, 4.69) is 112 Å². The van der Waals surface area contributed by atoms with Crippen molar-refractivity contribution in [3.05, 3.63) is 97.2 Å². The standard InChI is InChI=1S/C53H86O6/c1-4-7-10-13-16-19-21-23-24-25-26-27-28-30-31-34-37-40-43-46-52(55)58-49-50(48-57-51(54)45-42-39-36-33-18-15-12-9-6-3)59-53(56)47-44-41-38-35-32-29-22-20-17-14-11-8-5-2/h7,10,16,19,23-24,26-27,29-33,36,38,41,50H,4-6,8-9,11-15,17-18,20-22,25,28,34-35,37,39-40,42-49H2,1-3H3/b10-7-,19-16-,24-23-,27-26-,31-30-,32-29-,36-33-,41-38-. The second kappa shape index (κ2) is 47.0. The van der Waals surface area contributed by atoms with E-state index >= 15 is 0 Å². The topological polar surface area (TPSA) is 78.9 Å². The first kappa shape index (κ1) is 55.3. The molecule has 1 unspecified atom stereocenters. The van der Waals surface area contributed by atoms with Crippen LogP contribution in [0.15, 0.2) is 97.2 Å². The van der Waals surface area contributed by atoms with Crippen LogP contribution < -0.4 is 0 Å². The molecule has 6 heteroatoms. The van der Waals surface area contributed by atoms with E-state index in [0.717, 1.165) is 83.5 Å². The first-order chi connectivity index (χ1) is 29.0. The molecule has 0 rings (SSSR count). The second-order valence-corrected chi connectivity index (χ2v) is 15.3. The lowest BCUT2D eigenvalue weighted by Crippen LogP contribution is -2.30. The molecule has 0 bridgehead atoms. The summed E-state index contributed by atoms with van der Waals surface area (Å²) in [6.07, 6.45) is 61.3. The zero-order valence-corrected chi connectivity index (χ0v) is 38.0. The molecule has 6 nitrogen and oxygen atoms in total. The van der Waals surface area contributed by atoms with Crippen molar-refractivity contribution < 1.29 is 28.6 Å². The third kappa shape index (κ3) is 45.3. The van der Waals surface area contributed by atoms with Gasteiger partial charge in [0.05, 0.1) is 0 Å². The van der Waals surface area contributed by atoms with Crippen LogP contribution in [0.1, 0.15) is 201 Å². The first-order valence-corrected chi connectivity index (χ1v) is 23.7. The fourth-order valence-corrected chi connectivity index (χ4v) is 5.99. The van der Waals surface area contributed by atoms with Crippen LogP contribution in [0.25, 0.3) is 0 Å². The van der Waals surface area contributed by atoms with Gasteiger partial charge in [0, 0.05) is 19.3 Å². The highest BCUT2D eigenvalue weighted by atomic mass is 16.6. The minimum atomic E-state index is -0.831. The maximum atomic E-state index is 12.7. The molecule has 0 saturated carbocycles. The predicted octanol–water partition coefficient (Wildman–Crippen LogP) is 15.4. The molecule has 0 fully saturated rings. The van der Waals surface area contributed by atoms with Crippen molar-refractivity contribution in [2.24, 2.45) is 0 Å². The Hall–Kier alpha value is -3.67. The molecule has 0 amide bonds. The summed E-state index contributed by atoms with van der Waals surface area (Å²) in [6, 6.07) is 0. The molecule has 0 saturated heterocycles. The Morgan fingerprint density at radius 1 is 0.356 bits per heavy atom. The summed E-state index contributed by atoms with van der Waals surface area (Å²) in [7, 11) is 0. The van der Waals surface area contributed by atoms with Gasteiger partial charge in [-0.2, -0.15) is 0 Å². The summed E-state index contributed by atoms with van der Waals surface area (Å²) in [5, 5.41) is 0. The lowest BCUT2D eigenvalue weighted by molar-refractivity contribution is -0.166. The van der Waals surface area contributed by atoms with E-state index in [1.165, 1.54) is 64.2 Å². The average molecular weight is 819 g/mol. The van der Waals surface area contributed by atoms with Crippen LogP contribution in [-0.4, -0.2) is 37.2 Å². The normalized spacial score (nSPS) is 12.9. The number of esters is 3. The Balaban J connectivity index is 4.50. The Morgan fingerprint density at radius 3 is 1.20 bits per heavy atom. The van der Waals surface area contributed by atoms with Gasteiger partial charge in [-0.15, -0.1) is 0 Å². The number of allylic oxidation sites excluding steroid dienone is 16. The Morgan fingerprint density at radius 2 is 0.712 bits per heavy atom. The largest absolute Gasteiger partial charge is 0.462 e. The van der Waals surface area contributed by atoms with Gasteiger partial charge in [-0.1, -0.05) is 176 Å². The van der Waals surface area contributed by atoms with E-state index in [9.17, 15) is 14.4 Å². The van der Waals surface area contributed by atoms with Gasteiger partial charge in [-0.3, -0.25) is 14.4 Å². The van der Waals surface area contributed by atoms with Crippen molar-refractivity contribution in [1.82, 2.24) is 0 Å². The molecule has 0 spiro atoms. The molecule has 0 aliphatic rings. The average Bonchev–Trinajstić information content (AvgIpc) is 3.23. The lowest BCUT2D eigenvalue weighted by atomic mass is 10.1. The molecule has 59 heavy (non-hydrogen) atoms. The van der Waals surface area contributed by atoms with Crippen molar-refractivity contribution >= 4 is 17.9 Å². The smallest absolute Gasteiger partial charge is 0.306 e. The van der Waals surface area contributed by atoms with Crippen LogP contribution in [0.4, 0.5) is 0 Å². The number of unbranched alkanes of at least 4 members (excludes halogenated alkanes) is 14. The molecule has 0 aromatic rings. The summed E-state index contributed by atoms with van der Waals surface area (Å²) in [5.74, 6) is -1.07. The van der Waals surface area contributed by atoms with Crippen molar-refractivity contribution in [2.75, 3.05) is 13.2 Å².